The van der Waals surface area contributed by atoms with Crippen LogP contribution in [-0.2, 0) is 0 Å². The summed E-state index contributed by atoms with van der Waals surface area (Å²) in [5.74, 6) is 2.16. The van der Waals surface area contributed by atoms with Crippen LogP contribution in [0.5, 0.6) is 0 Å². The first-order valence-corrected chi connectivity index (χ1v) is 9.68. The van der Waals surface area contributed by atoms with Crippen LogP contribution in [0.3, 0.4) is 0 Å². The Morgan fingerprint density at radius 2 is 1.67 bits per heavy atom. The van der Waals surface area contributed by atoms with Gasteiger partial charge in [0.15, 0.2) is 5.11 Å². The van der Waals surface area contributed by atoms with Gasteiger partial charge in [-0.2, -0.15) is 0 Å². The van der Waals surface area contributed by atoms with Crippen LogP contribution < -0.4 is 10.6 Å². The first kappa shape index (κ1) is 16.6. The molecule has 4 saturated carbocycles. The van der Waals surface area contributed by atoms with Crippen LogP contribution in [0.4, 0.5) is 0 Å². The predicted octanol–water partition coefficient (Wildman–Crippen LogP) is 4.57. The van der Waals surface area contributed by atoms with Crippen molar-refractivity contribution >= 4 is 46.4 Å². The number of rotatable bonds is 2. The zero-order chi connectivity index (χ0) is 16.9. The molecule has 1 aromatic rings. The van der Waals surface area contributed by atoms with Crippen molar-refractivity contribution in [3.63, 3.8) is 0 Å². The average Bonchev–Trinajstić information content (AvgIpc) is 2.47. The van der Waals surface area contributed by atoms with Gasteiger partial charge in [-0.25, -0.2) is 0 Å². The summed E-state index contributed by atoms with van der Waals surface area (Å²) in [4.78, 5) is 12.4. The highest BCUT2D eigenvalue weighted by Crippen LogP contribution is 2.55. The normalized spacial score (nSPS) is 33.3. The molecule has 0 unspecified atom stereocenters. The Bertz CT molecular complexity index is 671. The van der Waals surface area contributed by atoms with Crippen molar-refractivity contribution in [3.8, 4) is 0 Å². The lowest BCUT2D eigenvalue weighted by Crippen LogP contribution is -2.61. The summed E-state index contributed by atoms with van der Waals surface area (Å²) in [7, 11) is 0. The SMILES string of the molecule is O=C(NC(=S)NC12CC3CC(CC(C3)C1)C2)c1cccc(Cl)c1Cl. The lowest BCUT2D eigenvalue weighted by atomic mass is 9.53. The van der Waals surface area contributed by atoms with E-state index >= 15 is 0 Å². The van der Waals surface area contributed by atoms with Crippen molar-refractivity contribution in [2.75, 3.05) is 0 Å². The molecule has 0 aliphatic heterocycles. The zero-order valence-electron chi connectivity index (χ0n) is 13.3. The standard InChI is InChI=1S/C18H20Cl2N2OS/c19-14-3-1-2-13(15(14)20)16(23)21-17(24)22-18-7-10-4-11(8-18)6-12(5-10)9-18/h1-3,10-12H,4-9H2,(H2,21,22,23,24). The molecule has 0 saturated heterocycles. The minimum Gasteiger partial charge on any atom is -0.357 e. The van der Waals surface area contributed by atoms with Crippen LogP contribution in [0.2, 0.25) is 10.0 Å². The summed E-state index contributed by atoms with van der Waals surface area (Å²) in [6.07, 6.45) is 7.64. The fourth-order valence-corrected chi connectivity index (χ4v) is 6.08. The zero-order valence-corrected chi connectivity index (χ0v) is 15.6. The van der Waals surface area contributed by atoms with Gasteiger partial charge in [0, 0.05) is 5.54 Å². The molecule has 0 heterocycles. The molecule has 4 aliphatic carbocycles. The van der Waals surface area contributed by atoms with E-state index in [9.17, 15) is 4.79 Å². The second-order valence-electron chi connectivity index (χ2n) is 7.71. The molecule has 5 rings (SSSR count). The van der Waals surface area contributed by atoms with Crippen LogP contribution in [0.25, 0.3) is 0 Å². The molecule has 24 heavy (non-hydrogen) atoms. The smallest absolute Gasteiger partial charge is 0.258 e. The van der Waals surface area contributed by atoms with E-state index in [1.165, 1.54) is 38.5 Å². The molecule has 1 aromatic carbocycles. The Labute approximate surface area is 157 Å². The van der Waals surface area contributed by atoms with Gasteiger partial charge in [-0.1, -0.05) is 29.3 Å². The Balaban J connectivity index is 1.44. The first-order chi connectivity index (χ1) is 11.4. The van der Waals surface area contributed by atoms with Crippen molar-refractivity contribution in [1.82, 2.24) is 10.6 Å². The Kier molecular flexibility index (Phi) is 4.26. The van der Waals surface area contributed by atoms with Crippen molar-refractivity contribution < 1.29 is 4.79 Å². The largest absolute Gasteiger partial charge is 0.357 e. The Morgan fingerprint density at radius 1 is 1.08 bits per heavy atom. The first-order valence-electron chi connectivity index (χ1n) is 8.52. The number of thiocarbonyl (C=S) groups is 1. The van der Waals surface area contributed by atoms with Gasteiger partial charge in [0.1, 0.15) is 0 Å². The number of halogens is 2. The molecular formula is C18H20Cl2N2OS. The van der Waals surface area contributed by atoms with Crippen LogP contribution in [0.15, 0.2) is 18.2 Å². The number of nitrogens with one attached hydrogen (secondary N) is 2. The third kappa shape index (κ3) is 3.04. The van der Waals surface area contributed by atoms with Crippen molar-refractivity contribution in [1.29, 1.82) is 0 Å². The maximum Gasteiger partial charge on any atom is 0.258 e. The van der Waals surface area contributed by atoms with Gasteiger partial charge in [0.05, 0.1) is 15.6 Å². The minimum absolute atomic E-state index is 0.0806. The van der Waals surface area contributed by atoms with E-state index in [4.69, 9.17) is 35.4 Å². The summed E-state index contributed by atoms with van der Waals surface area (Å²) in [6, 6.07) is 5.02. The Hall–Kier alpha value is -0.840. The number of hydrogen-bond acceptors (Lipinski definition) is 2. The quantitative estimate of drug-likeness (QED) is 0.736. The van der Waals surface area contributed by atoms with E-state index in [2.05, 4.69) is 10.6 Å². The molecule has 1 amide bonds. The molecule has 0 atom stereocenters. The van der Waals surface area contributed by atoms with Gasteiger partial charge in [0.2, 0.25) is 0 Å². The van der Waals surface area contributed by atoms with Gasteiger partial charge in [-0.05, 0) is 80.6 Å². The summed E-state index contributed by atoms with van der Waals surface area (Å²) < 4.78 is 0. The minimum atomic E-state index is -0.315. The molecule has 0 spiro atoms. The number of benzene rings is 1. The molecule has 2 N–H and O–H groups in total. The van der Waals surface area contributed by atoms with Crippen LogP contribution in [-0.4, -0.2) is 16.6 Å². The van der Waals surface area contributed by atoms with Crippen molar-refractivity contribution in [2.24, 2.45) is 17.8 Å². The maximum atomic E-state index is 12.4. The van der Waals surface area contributed by atoms with Crippen molar-refractivity contribution in [2.45, 2.75) is 44.1 Å². The summed E-state index contributed by atoms with van der Waals surface area (Å²) >= 11 is 17.5. The van der Waals surface area contributed by atoms with Crippen LogP contribution in [0.1, 0.15) is 48.9 Å². The van der Waals surface area contributed by atoms with Crippen molar-refractivity contribution in [3.05, 3.63) is 33.8 Å². The number of hydrogen-bond donors (Lipinski definition) is 2. The average molecular weight is 383 g/mol. The van der Waals surface area contributed by atoms with E-state index in [1.54, 1.807) is 18.2 Å². The lowest BCUT2D eigenvalue weighted by Gasteiger charge is -2.57. The second-order valence-corrected chi connectivity index (χ2v) is 8.90. The van der Waals surface area contributed by atoms with Gasteiger partial charge in [-0.15, -0.1) is 0 Å². The third-order valence-corrected chi connectivity index (χ3v) is 6.86. The molecule has 4 bridgehead atoms. The fourth-order valence-electron chi connectivity index (χ4n) is 5.39. The fraction of sp³-hybridized carbons (Fsp3) is 0.556. The number of carbonyl (C=O) groups is 1. The Morgan fingerprint density at radius 3 is 2.25 bits per heavy atom. The lowest BCUT2D eigenvalue weighted by molar-refractivity contribution is -0.0101. The van der Waals surface area contributed by atoms with Gasteiger partial charge >= 0.3 is 0 Å². The van der Waals surface area contributed by atoms with E-state index in [0.717, 1.165) is 17.8 Å². The third-order valence-electron chi connectivity index (χ3n) is 5.84. The topological polar surface area (TPSA) is 41.1 Å². The van der Waals surface area contributed by atoms with E-state index in [0.29, 0.717) is 15.7 Å². The van der Waals surface area contributed by atoms with Crippen LogP contribution in [0, 0.1) is 17.8 Å². The van der Waals surface area contributed by atoms with E-state index in [1.807, 2.05) is 0 Å². The molecule has 6 heteroatoms. The predicted molar refractivity (Wildman–Crippen MR) is 101 cm³/mol. The van der Waals surface area contributed by atoms with Gasteiger partial charge in [0.25, 0.3) is 5.91 Å². The molecule has 3 nitrogen and oxygen atoms in total. The highest BCUT2D eigenvalue weighted by molar-refractivity contribution is 7.80. The molecule has 128 valence electrons. The molecule has 0 radical (unpaired) electrons. The molecule has 4 fully saturated rings. The summed E-state index contributed by atoms with van der Waals surface area (Å²) in [6.45, 7) is 0. The highest BCUT2D eigenvalue weighted by atomic mass is 35.5. The highest BCUT2D eigenvalue weighted by Gasteiger charge is 2.51. The van der Waals surface area contributed by atoms with E-state index < -0.39 is 0 Å². The monoisotopic (exact) mass is 382 g/mol. The summed E-state index contributed by atoms with van der Waals surface area (Å²) in [5.41, 5.74) is 0.427. The van der Waals surface area contributed by atoms with E-state index in [-0.39, 0.29) is 16.5 Å². The number of carbonyl (C=O) groups excluding carboxylic acids is 1. The molecule has 4 aliphatic rings. The molecule has 0 aromatic heterocycles. The maximum absolute atomic E-state index is 12.4. The molecular weight excluding hydrogens is 363 g/mol. The number of amides is 1. The van der Waals surface area contributed by atoms with Crippen LogP contribution >= 0.6 is 35.4 Å². The summed E-state index contributed by atoms with van der Waals surface area (Å²) in [5, 5.41) is 7.28. The van der Waals surface area contributed by atoms with Gasteiger partial charge < -0.3 is 5.32 Å². The van der Waals surface area contributed by atoms with Gasteiger partial charge in [-0.3, -0.25) is 10.1 Å². The second kappa shape index (κ2) is 6.15.